The zero-order valence-electron chi connectivity index (χ0n) is 10.9. The van der Waals surface area contributed by atoms with Crippen molar-refractivity contribution in [3.63, 3.8) is 0 Å². The summed E-state index contributed by atoms with van der Waals surface area (Å²) < 4.78 is 5.62. The predicted octanol–water partition coefficient (Wildman–Crippen LogP) is 3.34. The van der Waals surface area contributed by atoms with Gasteiger partial charge in [0.25, 0.3) is 0 Å². The number of carbonyl (C=O) groups excluding carboxylic acids is 1. The Labute approximate surface area is 119 Å². The lowest BCUT2D eigenvalue weighted by Gasteiger charge is -2.15. The Hall–Kier alpha value is -1.50. The van der Waals surface area contributed by atoms with Gasteiger partial charge in [-0.1, -0.05) is 13.8 Å². The number of hydrogen-bond donors (Lipinski definition) is 0. The van der Waals surface area contributed by atoms with Crippen LogP contribution in [0.3, 0.4) is 0 Å². The van der Waals surface area contributed by atoms with E-state index >= 15 is 0 Å². The standard InChI is InChI=1S/C12H15BrN2O4/c1-7(2)4-8(3)19-12(16)9-5-11(15(17)18)14-6-10(9)13/h5-8H,4H2,1-3H3. The molecule has 0 aliphatic rings. The van der Waals surface area contributed by atoms with E-state index in [1.807, 2.05) is 13.8 Å². The molecule has 104 valence electrons. The van der Waals surface area contributed by atoms with E-state index in [1.165, 1.54) is 6.20 Å². The number of nitro groups is 1. The molecule has 19 heavy (non-hydrogen) atoms. The number of halogens is 1. The number of esters is 1. The first kappa shape index (κ1) is 15.6. The molecule has 0 fully saturated rings. The Balaban J connectivity index is 2.87. The van der Waals surface area contributed by atoms with E-state index in [0.717, 1.165) is 12.5 Å². The molecule has 1 aromatic heterocycles. The first-order chi connectivity index (χ1) is 8.81. The van der Waals surface area contributed by atoms with Crippen LogP contribution in [-0.2, 0) is 4.74 Å². The van der Waals surface area contributed by atoms with Crippen LogP contribution in [0.5, 0.6) is 0 Å². The van der Waals surface area contributed by atoms with E-state index in [2.05, 4.69) is 20.9 Å². The van der Waals surface area contributed by atoms with Crippen molar-refractivity contribution in [2.75, 3.05) is 0 Å². The highest BCUT2D eigenvalue weighted by Gasteiger charge is 2.20. The highest BCUT2D eigenvalue weighted by molar-refractivity contribution is 9.10. The van der Waals surface area contributed by atoms with Gasteiger partial charge >= 0.3 is 11.8 Å². The molecule has 0 radical (unpaired) electrons. The summed E-state index contributed by atoms with van der Waals surface area (Å²) in [7, 11) is 0. The predicted molar refractivity (Wildman–Crippen MR) is 72.9 cm³/mol. The van der Waals surface area contributed by atoms with Gasteiger partial charge in [-0.25, -0.2) is 4.79 Å². The van der Waals surface area contributed by atoms with Crippen molar-refractivity contribution in [1.82, 2.24) is 4.98 Å². The molecule has 0 saturated carbocycles. The van der Waals surface area contributed by atoms with Gasteiger partial charge in [-0.3, -0.25) is 0 Å². The Morgan fingerprint density at radius 3 is 2.68 bits per heavy atom. The molecule has 0 N–H and O–H groups in total. The van der Waals surface area contributed by atoms with Gasteiger partial charge in [0.15, 0.2) is 6.20 Å². The van der Waals surface area contributed by atoms with Crippen LogP contribution in [0.4, 0.5) is 5.82 Å². The summed E-state index contributed by atoms with van der Waals surface area (Å²) in [5.74, 6) is -0.574. The third kappa shape index (κ3) is 4.59. The van der Waals surface area contributed by atoms with Crippen LogP contribution in [-0.4, -0.2) is 22.0 Å². The van der Waals surface area contributed by atoms with Crippen molar-refractivity contribution in [1.29, 1.82) is 0 Å². The van der Waals surface area contributed by atoms with Crippen LogP contribution < -0.4 is 0 Å². The number of ether oxygens (including phenoxy) is 1. The van der Waals surface area contributed by atoms with Gasteiger partial charge in [0, 0.05) is 0 Å². The second-order valence-electron chi connectivity index (χ2n) is 4.62. The molecule has 1 rings (SSSR count). The first-order valence-electron chi connectivity index (χ1n) is 5.82. The SMILES string of the molecule is CC(C)CC(C)OC(=O)c1cc([N+](=O)[O-])ncc1Br. The molecule has 0 amide bonds. The number of pyridine rings is 1. The molecule has 1 aromatic rings. The van der Waals surface area contributed by atoms with Crippen molar-refractivity contribution in [3.05, 3.63) is 32.4 Å². The molecule has 0 aliphatic carbocycles. The van der Waals surface area contributed by atoms with Crippen LogP contribution in [0.15, 0.2) is 16.7 Å². The van der Waals surface area contributed by atoms with E-state index in [9.17, 15) is 14.9 Å². The van der Waals surface area contributed by atoms with Gasteiger partial charge in [-0.2, -0.15) is 0 Å². The van der Waals surface area contributed by atoms with Crippen molar-refractivity contribution in [2.24, 2.45) is 5.92 Å². The fourth-order valence-corrected chi connectivity index (χ4v) is 2.02. The number of carbonyl (C=O) groups is 1. The van der Waals surface area contributed by atoms with Crippen LogP contribution in [0.1, 0.15) is 37.6 Å². The number of aromatic nitrogens is 1. The second kappa shape index (κ2) is 6.60. The number of hydrogen-bond acceptors (Lipinski definition) is 5. The average Bonchev–Trinajstić information content (AvgIpc) is 2.27. The third-order valence-corrected chi connectivity index (χ3v) is 2.99. The summed E-state index contributed by atoms with van der Waals surface area (Å²) in [6, 6.07) is 1.11. The summed E-state index contributed by atoms with van der Waals surface area (Å²) in [4.78, 5) is 25.5. The molecule has 1 atom stereocenters. The molecule has 6 nitrogen and oxygen atoms in total. The summed E-state index contributed by atoms with van der Waals surface area (Å²) in [6.45, 7) is 5.84. The maximum atomic E-state index is 11.9. The van der Waals surface area contributed by atoms with Crippen molar-refractivity contribution < 1.29 is 14.5 Å². The monoisotopic (exact) mass is 330 g/mol. The maximum absolute atomic E-state index is 11.9. The topological polar surface area (TPSA) is 82.3 Å². The molecule has 1 heterocycles. The smallest absolute Gasteiger partial charge is 0.364 e. The average molecular weight is 331 g/mol. The minimum Gasteiger partial charge on any atom is -0.459 e. The zero-order chi connectivity index (χ0) is 14.6. The van der Waals surface area contributed by atoms with Gasteiger partial charge in [-0.15, -0.1) is 0 Å². The van der Waals surface area contributed by atoms with Crippen molar-refractivity contribution >= 4 is 27.7 Å². The zero-order valence-corrected chi connectivity index (χ0v) is 12.5. The van der Waals surface area contributed by atoms with Crippen LogP contribution >= 0.6 is 15.9 Å². The summed E-state index contributed by atoms with van der Waals surface area (Å²) in [6.07, 6.45) is 1.71. The maximum Gasteiger partial charge on any atom is 0.364 e. The Kier molecular flexibility index (Phi) is 5.41. The highest BCUT2D eigenvalue weighted by Crippen LogP contribution is 2.22. The quantitative estimate of drug-likeness (QED) is 0.469. The van der Waals surface area contributed by atoms with Gasteiger partial charge in [-0.05, 0) is 45.1 Å². The van der Waals surface area contributed by atoms with Gasteiger partial charge in [0.1, 0.15) is 0 Å². The lowest BCUT2D eigenvalue weighted by molar-refractivity contribution is -0.389. The molecule has 7 heteroatoms. The summed E-state index contributed by atoms with van der Waals surface area (Å²) in [5, 5.41) is 10.6. The van der Waals surface area contributed by atoms with E-state index in [0.29, 0.717) is 10.4 Å². The summed E-state index contributed by atoms with van der Waals surface area (Å²) >= 11 is 3.14. The Morgan fingerprint density at radius 2 is 2.16 bits per heavy atom. The van der Waals surface area contributed by atoms with E-state index in [1.54, 1.807) is 6.92 Å². The van der Waals surface area contributed by atoms with Gasteiger partial charge < -0.3 is 14.9 Å². The minimum atomic E-state index is -0.652. The lowest BCUT2D eigenvalue weighted by atomic mass is 10.1. The molecule has 1 unspecified atom stereocenters. The van der Waals surface area contributed by atoms with Crippen LogP contribution in [0.25, 0.3) is 0 Å². The first-order valence-corrected chi connectivity index (χ1v) is 6.61. The molecule has 0 spiro atoms. The molecular formula is C12H15BrN2O4. The lowest BCUT2D eigenvalue weighted by Crippen LogP contribution is -2.17. The fraction of sp³-hybridized carbons (Fsp3) is 0.500. The fourth-order valence-electron chi connectivity index (χ4n) is 1.64. The van der Waals surface area contributed by atoms with E-state index in [4.69, 9.17) is 4.74 Å². The largest absolute Gasteiger partial charge is 0.459 e. The number of nitrogens with zero attached hydrogens (tertiary/aromatic N) is 2. The highest BCUT2D eigenvalue weighted by atomic mass is 79.9. The Morgan fingerprint density at radius 1 is 1.53 bits per heavy atom. The Bertz CT molecular complexity index is 491. The van der Waals surface area contributed by atoms with E-state index < -0.39 is 10.9 Å². The van der Waals surface area contributed by atoms with Crippen LogP contribution in [0, 0.1) is 16.0 Å². The molecule has 0 aliphatic heterocycles. The second-order valence-corrected chi connectivity index (χ2v) is 5.48. The molecule has 0 saturated heterocycles. The molecular weight excluding hydrogens is 316 g/mol. The normalized spacial score (nSPS) is 12.3. The van der Waals surface area contributed by atoms with Crippen LogP contribution in [0.2, 0.25) is 0 Å². The summed E-state index contributed by atoms with van der Waals surface area (Å²) in [5.41, 5.74) is 0.109. The minimum absolute atomic E-state index is 0.109. The molecule has 0 aromatic carbocycles. The number of rotatable bonds is 5. The van der Waals surface area contributed by atoms with Crippen molar-refractivity contribution in [2.45, 2.75) is 33.3 Å². The van der Waals surface area contributed by atoms with Gasteiger partial charge in [0.05, 0.1) is 22.2 Å². The van der Waals surface area contributed by atoms with Gasteiger partial charge in [0.2, 0.25) is 0 Å². The molecule has 0 bridgehead atoms. The third-order valence-electron chi connectivity index (χ3n) is 2.36. The van der Waals surface area contributed by atoms with Crippen molar-refractivity contribution in [3.8, 4) is 0 Å². The van der Waals surface area contributed by atoms with E-state index in [-0.39, 0.29) is 17.5 Å².